The number of carbonyl (C=O) groups excluding carboxylic acids is 2. The molecule has 36 heavy (non-hydrogen) atoms. The molecule has 1 amide bonds. The summed E-state index contributed by atoms with van der Waals surface area (Å²) in [5.74, 6) is -2.74. The van der Waals surface area contributed by atoms with E-state index in [0.717, 1.165) is 12.1 Å². The zero-order valence-electron chi connectivity index (χ0n) is 19.1. The number of methoxy groups -OCH3 is 1. The number of nitrogens with one attached hydrogen (secondary N) is 1. The normalized spacial score (nSPS) is 10.6. The van der Waals surface area contributed by atoms with Crippen molar-refractivity contribution in [2.45, 2.75) is 6.42 Å². The van der Waals surface area contributed by atoms with Crippen LogP contribution in [0, 0.1) is 17.5 Å². The molecular formula is C28H20F3NO4. The highest BCUT2D eigenvalue weighted by Crippen LogP contribution is 2.30. The lowest BCUT2D eigenvalue weighted by Gasteiger charge is -2.13. The van der Waals surface area contributed by atoms with Crippen molar-refractivity contribution in [1.29, 1.82) is 0 Å². The van der Waals surface area contributed by atoms with Crippen molar-refractivity contribution in [3.8, 4) is 22.6 Å². The minimum atomic E-state index is -0.808. The van der Waals surface area contributed by atoms with Gasteiger partial charge in [-0.1, -0.05) is 18.2 Å². The number of ether oxygens (including phenoxy) is 2. The fourth-order valence-corrected chi connectivity index (χ4v) is 3.49. The summed E-state index contributed by atoms with van der Waals surface area (Å²) >= 11 is 0. The third-order valence-corrected chi connectivity index (χ3v) is 5.30. The van der Waals surface area contributed by atoms with E-state index in [9.17, 15) is 22.8 Å². The van der Waals surface area contributed by atoms with E-state index in [1.807, 2.05) is 0 Å². The van der Waals surface area contributed by atoms with Crippen LogP contribution in [-0.4, -0.2) is 19.0 Å². The van der Waals surface area contributed by atoms with Crippen molar-refractivity contribution in [2.24, 2.45) is 0 Å². The molecule has 0 radical (unpaired) electrons. The van der Waals surface area contributed by atoms with Crippen LogP contribution in [0.5, 0.6) is 11.5 Å². The minimum Gasteiger partial charge on any atom is -0.497 e. The molecule has 0 aromatic heterocycles. The maximum Gasteiger partial charge on any atom is 0.315 e. The lowest BCUT2D eigenvalue weighted by molar-refractivity contribution is -0.133. The Kier molecular flexibility index (Phi) is 7.34. The second-order valence-electron chi connectivity index (χ2n) is 7.80. The standard InChI is InChI=1S/C28H20F3NO4/c1-35-22-10-8-21(9-11-22)32-28(34)24-15-18(23-12-7-20(30)16-25(23)31)4-13-26(24)36-27(33)14-17-2-5-19(29)6-3-17/h2-13,15-16H,14H2,1H3,(H,32,34). The van der Waals surface area contributed by atoms with Gasteiger partial charge in [0.25, 0.3) is 5.91 Å². The Bertz CT molecular complexity index is 1400. The first kappa shape index (κ1) is 24.5. The van der Waals surface area contributed by atoms with Gasteiger partial charge < -0.3 is 14.8 Å². The fourth-order valence-electron chi connectivity index (χ4n) is 3.49. The number of rotatable bonds is 7. The smallest absolute Gasteiger partial charge is 0.315 e. The molecule has 182 valence electrons. The monoisotopic (exact) mass is 491 g/mol. The summed E-state index contributed by atoms with van der Waals surface area (Å²) in [6.45, 7) is 0. The summed E-state index contributed by atoms with van der Waals surface area (Å²) in [5, 5.41) is 2.70. The molecule has 4 rings (SSSR count). The van der Waals surface area contributed by atoms with Crippen LogP contribution in [-0.2, 0) is 11.2 Å². The Hall–Kier alpha value is -4.59. The molecule has 0 aliphatic carbocycles. The highest BCUT2D eigenvalue weighted by atomic mass is 19.1. The van der Waals surface area contributed by atoms with Gasteiger partial charge in [0.15, 0.2) is 0 Å². The Labute approximate surface area is 205 Å². The van der Waals surface area contributed by atoms with Gasteiger partial charge in [-0.25, -0.2) is 13.2 Å². The molecule has 4 aromatic carbocycles. The Morgan fingerprint density at radius 2 is 1.50 bits per heavy atom. The molecule has 8 heteroatoms. The molecule has 4 aromatic rings. The van der Waals surface area contributed by atoms with Crippen LogP contribution in [0.15, 0.2) is 84.9 Å². The first-order valence-corrected chi connectivity index (χ1v) is 10.8. The van der Waals surface area contributed by atoms with Gasteiger partial charge in [0, 0.05) is 17.3 Å². The van der Waals surface area contributed by atoms with Crippen LogP contribution in [0.1, 0.15) is 15.9 Å². The maximum atomic E-state index is 14.4. The summed E-state index contributed by atoms with van der Waals surface area (Å²) in [7, 11) is 1.51. The van der Waals surface area contributed by atoms with E-state index in [0.29, 0.717) is 17.0 Å². The van der Waals surface area contributed by atoms with E-state index in [2.05, 4.69) is 5.32 Å². The van der Waals surface area contributed by atoms with Crippen LogP contribution in [0.4, 0.5) is 18.9 Å². The number of benzene rings is 4. The van der Waals surface area contributed by atoms with Crippen LogP contribution in [0.25, 0.3) is 11.1 Å². The van der Waals surface area contributed by atoms with Crippen LogP contribution >= 0.6 is 0 Å². The van der Waals surface area contributed by atoms with E-state index < -0.39 is 29.3 Å². The van der Waals surface area contributed by atoms with Gasteiger partial charge in [0.2, 0.25) is 0 Å². The predicted octanol–water partition coefficient (Wildman–Crippen LogP) is 6.18. The second kappa shape index (κ2) is 10.8. The van der Waals surface area contributed by atoms with Crippen LogP contribution in [0.2, 0.25) is 0 Å². The largest absolute Gasteiger partial charge is 0.497 e. The first-order chi connectivity index (χ1) is 17.3. The number of amides is 1. The van der Waals surface area contributed by atoms with Gasteiger partial charge in [0.05, 0.1) is 19.1 Å². The number of halogens is 3. The van der Waals surface area contributed by atoms with Gasteiger partial charge in [-0.05, 0) is 71.8 Å². The highest BCUT2D eigenvalue weighted by molar-refractivity contribution is 6.07. The van der Waals surface area contributed by atoms with Crippen molar-refractivity contribution >= 4 is 17.6 Å². The molecule has 0 fully saturated rings. The second-order valence-corrected chi connectivity index (χ2v) is 7.80. The van der Waals surface area contributed by atoms with E-state index in [1.54, 1.807) is 24.3 Å². The van der Waals surface area contributed by atoms with Gasteiger partial charge >= 0.3 is 5.97 Å². The molecule has 0 aliphatic rings. The number of esters is 1. The summed E-state index contributed by atoms with van der Waals surface area (Å²) in [4.78, 5) is 25.7. The predicted molar refractivity (Wildman–Crippen MR) is 128 cm³/mol. The third-order valence-electron chi connectivity index (χ3n) is 5.30. The molecular weight excluding hydrogens is 471 g/mol. The number of hydrogen-bond donors (Lipinski definition) is 1. The minimum absolute atomic E-state index is 0.0421. The van der Waals surface area contributed by atoms with Crippen molar-refractivity contribution in [2.75, 3.05) is 12.4 Å². The number of carbonyl (C=O) groups is 2. The number of hydrogen-bond acceptors (Lipinski definition) is 4. The third kappa shape index (κ3) is 5.90. The van der Waals surface area contributed by atoms with Gasteiger partial charge in [-0.2, -0.15) is 0 Å². The molecule has 0 spiro atoms. The zero-order chi connectivity index (χ0) is 25.7. The summed E-state index contributed by atoms with van der Waals surface area (Å²) in [6.07, 6.45) is -0.159. The topological polar surface area (TPSA) is 64.6 Å². The quantitative estimate of drug-likeness (QED) is 0.248. The molecule has 0 unspecified atom stereocenters. The lowest BCUT2D eigenvalue weighted by atomic mass is 10.0. The molecule has 0 bridgehead atoms. The molecule has 0 saturated carbocycles. The number of anilines is 1. The van der Waals surface area contributed by atoms with Crippen LogP contribution in [0.3, 0.4) is 0 Å². The average Bonchev–Trinajstić information content (AvgIpc) is 2.86. The van der Waals surface area contributed by atoms with Gasteiger partial charge in [0.1, 0.15) is 29.0 Å². The van der Waals surface area contributed by atoms with Crippen molar-refractivity contribution < 1.29 is 32.2 Å². The van der Waals surface area contributed by atoms with E-state index in [-0.39, 0.29) is 28.9 Å². The summed E-state index contributed by atoms with van der Waals surface area (Å²) in [5.41, 5.74) is 1.28. The summed E-state index contributed by atoms with van der Waals surface area (Å²) < 4.78 is 51.5. The molecule has 1 N–H and O–H groups in total. The Morgan fingerprint density at radius 1 is 0.806 bits per heavy atom. The Morgan fingerprint density at radius 3 is 2.17 bits per heavy atom. The van der Waals surface area contributed by atoms with E-state index in [1.165, 1.54) is 55.6 Å². The Balaban J connectivity index is 1.65. The SMILES string of the molecule is COc1ccc(NC(=O)c2cc(-c3ccc(F)cc3F)ccc2OC(=O)Cc2ccc(F)cc2)cc1. The van der Waals surface area contributed by atoms with E-state index in [4.69, 9.17) is 9.47 Å². The van der Waals surface area contributed by atoms with Crippen molar-refractivity contribution in [3.63, 3.8) is 0 Å². The molecule has 0 heterocycles. The zero-order valence-corrected chi connectivity index (χ0v) is 19.1. The average molecular weight is 491 g/mol. The first-order valence-electron chi connectivity index (χ1n) is 10.8. The van der Waals surface area contributed by atoms with Crippen LogP contribution < -0.4 is 14.8 Å². The lowest BCUT2D eigenvalue weighted by Crippen LogP contribution is -2.17. The summed E-state index contributed by atoms with van der Waals surface area (Å²) in [6, 6.07) is 19.2. The molecule has 5 nitrogen and oxygen atoms in total. The molecule has 0 atom stereocenters. The fraction of sp³-hybridized carbons (Fsp3) is 0.0714. The van der Waals surface area contributed by atoms with Crippen molar-refractivity contribution in [3.05, 3.63) is 114 Å². The van der Waals surface area contributed by atoms with Gasteiger partial charge in [-0.3, -0.25) is 9.59 Å². The highest BCUT2D eigenvalue weighted by Gasteiger charge is 2.19. The molecule has 0 aliphatic heterocycles. The maximum absolute atomic E-state index is 14.4. The van der Waals surface area contributed by atoms with Gasteiger partial charge in [-0.15, -0.1) is 0 Å². The van der Waals surface area contributed by atoms with Crippen molar-refractivity contribution in [1.82, 2.24) is 0 Å². The molecule has 0 saturated heterocycles. The van der Waals surface area contributed by atoms with E-state index >= 15 is 0 Å².